The van der Waals surface area contributed by atoms with Crippen molar-refractivity contribution in [1.29, 1.82) is 0 Å². The number of ether oxygens (including phenoxy) is 1. The van der Waals surface area contributed by atoms with E-state index in [0.717, 1.165) is 29.7 Å². The maximum Gasteiger partial charge on any atom is 0.241 e. The Balaban J connectivity index is 1.70. The predicted molar refractivity (Wildman–Crippen MR) is 78.1 cm³/mol. The van der Waals surface area contributed by atoms with Crippen LogP contribution in [0, 0.1) is 0 Å². The first kappa shape index (κ1) is 13.7. The number of rotatable bonds is 3. The minimum atomic E-state index is 0.260. The van der Waals surface area contributed by atoms with Gasteiger partial charge in [-0.2, -0.15) is 4.98 Å². The summed E-state index contributed by atoms with van der Waals surface area (Å²) in [7, 11) is 0. The largest absolute Gasteiger partial charge is 0.376 e. The van der Waals surface area contributed by atoms with E-state index < -0.39 is 0 Å². The number of morpholine rings is 1. The van der Waals surface area contributed by atoms with Gasteiger partial charge in [0.25, 0.3) is 0 Å². The van der Waals surface area contributed by atoms with E-state index in [-0.39, 0.29) is 6.10 Å². The van der Waals surface area contributed by atoms with Crippen LogP contribution in [0.15, 0.2) is 33.3 Å². The topological polar surface area (TPSA) is 51.4 Å². The molecule has 0 bridgehead atoms. The molecule has 3 rings (SSSR count). The van der Waals surface area contributed by atoms with Crippen molar-refractivity contribution in [2.45, 2.75) is 19.6 Å². The SMILES string of the molecule is CC1CN(Cc2nc(-c3cccc(Br)c3)no2)CCO1. The summed E-state index contributed by atoms with van der Waals surface area (Å²) in [6.07, 6.45) is 0.260. The quantitative estimate of drug-likeness (QED) is 0.861. The summed E-state index contributed by atoms with van der Waals surface area (Å²) in [6, 6.07) is 7.88. The molecule has 1 saturated heterocycles. The van der Waals surface area contributed by atoms with Crippen molar-refractivity contribution >= 4 is 15.9 Å². The van der Waals surface area contributed by atoms with Gasteiger partial charge in [0.15, 0.2) is 0 Å². The van der Waals surface area contributed by atoms with Crippen LogP contribution in [0.5, 0.6) is 0 Å². The van der Waals surface area contributed by atoms with Crippen molar-refractivity contribution < 1.29 is 9.26 Å². The molecule has 0 spiro atoms. The van der Waals surface area contributed by atoms with Gasteiger partial charge in [-0.05, 0) is 19.1 Å². The van der Waals surface area contributed by atoms with Crippen LogP contribution in [0.4, 0.5) is 0 Å². The lowest BCUT2D eigenvalue weighted by Crippen LogP contribution is -2.40. The molecule has 1 aliphatic rings. The molecule has 6 heteroatoms. The first-order valence-electron chi connectivity index (χ1n) is 6.63. The Bertz CT molecular complexity index is 587. The van der Waals surface area contributed by atoms with Crippen LogP contribution >= 0.6 is 15.9 Å². The lowest BCUT2D eigenvalue weighted by molar-refractivity contribution is -0.0240. The number of benzene rings is 1. The van der Waals surface area contributed by atoms with Gasteiger partial charge < -0.3 is 9.26 Å². The Morgan fingerprint density at radius 1 is 1.45 bits per heavy atom. The number of hydrogen-bond donors (Lipinski definition) is 0. The maximum absolute atomic E-state index is 5.52. The third-order valence-electron chi connectivity index (χ3n) is 3.23. The van der Waals surface area contributed by atoms with E-state index in [1.165, 1.54) is 0 Å². The molecule has 0 radical (unpaired) electrons. The molecule has 0 saturated carbocycles. The standard InChI is InChI=1S/C14H16BrN3O2/c1-10-8-18(5-6-19-10)9-13-16-14(17-20-13)11-3-2-4-12(15)7-11/h2-4,7,10H,5-6,8-9H2,1H3. The van der Waals surface area contributed by atoms with Crippen LogP contribution in [0.25, 0.3) is 11.4 Å². The van der Waals surface area contributed by atoms with Crippen molar-refractivity contribution in [3.05, 3.63) is 34.6 Å². The van der Waals surface area contributed by atoms with Crippen LogP contribution in [0.3, 0.4) is 0 Å². The molecule has 2 heterocycles. The second-order valence-corrected chi connectivity index (χ2v) is 5.85. The van der Waals surface area contributed by atoms with Crippen molar-refractivity contribution in [2.75, 3.05) is 19.7 Å². The Morgan fingerprint density at radius 3 is 3.15 bits per heavy atom. The molecule has 1 fully saturated rings. The molecule has 0 amide bonds. The Hall–Kier alpha value is -1.24. The average molecular weight is 338 g/mol. The van der Waals surface area contributed by atoms with Gasteiger partial charge >= 0.3 is 0 Å². The van der Waals surface area contributed by atoms with Gasteiger partial charge in [-0.25, -0.2) is 0 Å². The highest BCUT2D eigenvalue weighted by Gasteiger charge is 2.19. The summed E-state index contributed by atoms with van der Waals surface area (Å²) in [5.41, 5.74) is 0.949. The predicted octanol–water partition coefficient (Wildman–Crippen LogP) is 2.72. The zero-order valence-corrected chi connectivity index (χ0v) is 12.8. The highest BCUT2D eigenvalue weighted by Crippen LogP contribution is 2.20. The van der Waals surface area contributed by atoms with E-state index in [2.05, 4.69) is 37.9 Å². The number of nitrogens with zero attached hydrogens (tertiary/aromatic N) is 3. The van der Waals surface area contributed by atoms with Gasteiger partial charge in [0, 0.05) is 23.1 Å². The summed E-state index contributed by atoms with van der Waals surface area (Å²) >= 11 is 3.44. The van der Waals surface area contributed by atoms with Crippen molar-refractivity contribution in [3.63, 3.8) is 0 Å². The summed E-state index contributed by atoms with van der Waals surface area (Å²) in [6.45, 7) is 5.31. The molecule has 1 aliphatic heterocycles. The van der Waals surface area contributed by atoms with Crippen LogP contribution < -0.4 is 0 Å². The van der Waals surface area contributed by atoms with Gasteiger partial charge in [0.05, 0.1) is 19.3 Å². The third-order valence-corrected chi connectivity index (χ3v) is 3.73. The van der Waals surface area contributed by atoms with Crippen LogP contribution in [0.2, 0.25) is 0 Å². The van der Waals surface area contributed by atoms with E-state index in [1.807, 2.05) is 24.3 Å². The minimum Gasteiger partial charge on any atom is -0.376 e. The Labute approximate surface area is 126 Å². The second-order valence-electron chi connectivity index (χ2n) is 4.94. The van der Waals surface area contributed by atoms with Gasteiger partial charge in [0.2, 0.25) is 11.7 Å². The van der Waals surface area contributed by atoms with Crippen molar-refractivity contribution in [1.82, 2.24) is 15.0 Å². The first-order chi connectivity index (χ1) is 9.70. The maximum atomic E-state index is 5.52. The number of aromatic nitrogens is 2. The van der Waals surface area contributed by atoms with E-state index in [9.17, 15) is 0 Å². The summed E-state index contributed by atoms with van der Waals surface area (Å²) in [5.74, 6) is 1.27. The van der Waals surface area contributed by atoms with Crippen molar-refractivity contribution in [2.24, 2.45) is 0 Å². The first-order valence-corrected chi connectivity index (χ1v) is 7.42. The van der Waals surface area contributed by atoms with E-state index in [0.29, 0.717) is 18.3 Å². The Kier molecular flexibility index (Phi) is 4.14. The van der Waals surface area contributed by atoms with E-state index >= 15 is 0 Å². The zero-order chi connectivity index (χ0) is 13.9. The second kappa shape index (κ2) is 6.03. The summed E-state index contributed by atoms with van der Waals surface area (Å²) in [4.78, 5) is 6.73. The molecule has 5 nitrogen and oxygen atoms in total. The van der Waals surface area contributed by atoms with Gasteiger partial charge in [-0.15, -0.1) is 0 Å². The van der Waals surface area contributed by atoms with Gasteiger partial charge in [0.1, 0.15) is 0 Å². The minimum absolute atomic E-state index is 0.260. The van der Waals surface area contributed by atoms with Crippen LogP contribution in [-0.2, 0) is 11.3 Å². The lowest BCUT2D eigenvalue weighted by atomic mass is 10.2. The fourth-order valence-electron chi connectivity index (χ4n) is 2.29. The normalized spacial score (nSPS) is 20.2. The monoisotopic (exact) mass is 337 g/mol. The molecule has 1 unspecified atom stereocenters. The fraction of sp³-hybridized carbons (Fsp3) is 0.429. The van der Waals surface area contributed by atoms with E-state index in [4.69, 9.17) is 9.26 Å². The lowest BCUT2D eigenvalue weighted by Gasteiger charge is -2.29. The number of hydrogen-bond acceptors (Lipinski definition) is 5. The molecule has 20 heavy (non-hydrogen) atoms. The average Bonchev–Trinajstić information content (AvgIpc) is 2.87. The zero-order valence-electron chi connectivity index (χ0n) is 11.3. The molecule has 1 aromatic carbocycles. The molecule has 0 N–H and O–H groups in total. The van der Waals surface area contributed by atoms with Gasteiger partial charge in [-0.3, -0.25) is 4.90 Å². The molecular weight excluding hydrogens is 322 g/mol. The van der Waals surface area contributed by atoms with Crippen LogP contribution in [-0.4, -0.2) is 40.8 Å². The molecular formula is C14H16BrN3O2. The fourth-order valence-corrected chi connectivity index (χ4v) is 2.69. The van der Waals surface area contributed by atoms with Gasteiger partial charge in [-0.1, -0.05) is 33.2 Å². The molecule has 1 atom stereocenters. The molecule has 106 valence electrons. The third kappa shape index (κ3) is 3.26. The Morgan fingerprint density at radius 2 is 2.35 bits per heavy atom. The van der Waals surface area contributed by atoms with Crippen LogP contribution in [0.1, 0.15) is 12.8 Å². The molecule has 0 aliphatic carbocycles. The summed E-state index contributed by atoms with van der Waals surface area (Å²) in [5, 5.41) is 4.05. The smallest absolute Gasteiger partial charge is 0.241 e. The number of halogens is 1. The highest BCUT2D eigenvalue weighted by molar-refractivity contribution is 9.10. The molecule has 2 aromatic rings. The molecule has 1 aromatic heterocycles. The highest BCUT2D eigenvalue weighted by atomic mass is 79.9. The summed E-state index contributed by atoms with van der Waals surface area (Å²) < 4.78 is 11.9. The van der Waals surface area contributed by atoms with E-state index in [1.54, 1.807) is 0 Å². The van der Waals surface area contributed by atoms with Crippen molar-refractivity contribution in [3.8, 4) is 11.4 Å².